The van der Waals surface area contributed by atoms with E-state index >= 15 is 0 Å². The van der Waals surface area contributed by atoms with Crippen molar-refractivity contribution in [2.45, 2.75) is 53.1 Å². The Labute approximate surface area is 105 Å². The van der Waals surface area contributed by atoms with Gasteiger partial charge in [0.2, 0.25) is 0 Å². The van der Waals surface area contributed by atoms with Crippen molar-refractivity contribution in [1.29, 1.82) is 0 Å². The van der Waals surface area contributed by atoms with Gasteiger partial charge in [0.25, 0.3) is 0 Å². The van der Waals surface area contributed by atoms with Crippen LogP contribution >= 0.6 is 0 Å². The second-order valence-electron chi connectivity index (χ2n) is 5.26. The minimum absolute atomic E-state index is 0.201. The third kappa shape index (κ3) is 6.64. The first-order valence-electron chi connectivity index (χ1n) is 6.34. The lowest BCUT2D eigenvalue weighted by Crippen LogP contribution is -2.56. The number of rotatable bonds is 8. The number of carbonyl (C=O) groups excluding carboxylic acids is 1. The topological polar surface area (TPSA) is 47.6 Å². The van der Waals surface area contributed by atoms with Gasteiger partial charge in [-0.25, -0.2) is 4.79 Å². The molecule has 0 aromatic rings. The quantitative estimate of drug-likeness (QED) is 0.664. The highest BCUT2D eigenvalue weighted by Gasteiger charge is 2.35. The molecule has 1 atom stereocenters. The molecule has 0 aromatic heterocycles. The lowest BCUT2D eigenvalue weighted by molar-refractivity contribution is -0.153. The van der Waals surface area contributed by atoms with E-state index in [1.165, 1.54) is 0 Å². The minimum atomic E-state index is -0.765. The van der Waals surface area contributed by atoms with E-state index in [2.05, 4.69) is 19.2 Å². The number of hydrogen-bond donors (Lipinski definition) is 1. The third-order valence-electron chi connectivity index (χ3n) is 2.18. The third-order valence-corrected chi connectivity index (χ3v) is 2.18. The van der Waals surface area contributed by atoms with Crippen LogP contribution in [0.25, 0.3) is 0 Å². The number of carbonyl (C=O) groups is 1. The van der Waals surface area contributed by atoms with Gasteiger partial charge in [-0.15, -0.1) is 0 Å². The molecule has 0 bridgehead atoms. The van der Waals surface area contributed by atoms with Crippen LogP contribution in [-0.2, 0) is 14.3 Å². The molecule has 4 nitrogen and oxygen atoms in total. The Morgan fingerprint density at radius 1 is 1.29 bits per heavy atom. The van der Waals surface area contributed by atoms with Crippen molar-refractivity contribution >= 4 is 5.97 Å². The summed E-state index contributed by atoms with van der Waals surface area (Å²) in [5, 5.41) is 3.21. The molecule has 0 rings (SSSR count). The SMILES string of the molecule is CCOC(=O)C(C)(COCC(C)C)NC(C)C. The van der Waals surface area contributed by atoms with Gasteiger partial charge in [0.15, 0.2) is 0 Å². The van der Waals surface area contributed by atoms with Crippen molar-refractivity contribution < 1.29 is 14.3 Å². The van der Waals surface area contributed by atoms with E-state index in [-0.39, 0.29) is 12.0 Å². The molecule has 0 spiro atoms. The van der Waals surface area contributed by atoms with Crippen LogP contribution in [0.3, 0.4) is 0 Å². The van der Waals surface area contributed by atoms with Crippen LogP contribution in [0.1, 0.15) is 41.5 Å². The van der Waals surface area contributed by atoms with Crippen molar-refractivity contribution in [2.75, 3.05) is 19.8 Å². The van der Waals surface area contributed by atoms with E-state index < -0.39 is 5.54 Å². The maximum atomic E-state index is 11.9. The molecular weight excluding hydrogens is 218 g/mol. The Kier molecular flexibility index (Phi) is 7.39. The van der Waals surface area contributed by atoms with Gasteiger partial charge in [-0.2, -0.15) is 0 Å². The lowest BCUT2D eigenvalue weighted by atomic mass is 10.0. The number of ether oxygens (including phenoxy) is 2. The predicted octanol–water partition coefficient (Wildman–Crippen LogP) is 1.98. The van der Waals surface area contributed by atoms with Gasteiger partial charge in [0, 0.05) is 12.6 Å². The molecule has 0 heterocycles. The fourth-order valence-electron chi connectivity index (χ4n) is 1.59. The van der Waals surface area contributed by atoms with Crippen molar-refractivity contribution in [3.63, 3.8) is 0 Å². The van der Waals surface area contributed by atoms with Crippen LogP contribution in [0.4, 0.5) is 0 Å². The van der Waals surface area contributed by atoms with Crippen LogP contribution < -0.4 is 5.32 Å². The summed E-state index contributed by atoms with van der Waals surface area (Å²) in [4.78, 5) is 11.9. The number of hydrogen-bond acceptors (Lipinski definition) is 4. The summed E-state index contributed by atoms with van der Waals surface area (Å²) in [5.74, 6) is 0.206. The van der Waals surface area contributed by atoms with Crippen LogP contribution in [0.5, 0.6) is 0 Å². The Bertz CT molecular complexity index is 229. The summed E-state index contributed by atoms with van der Waals surface area (Å²) in [6.07, 6.45) is 0. The minimum Gasteiger partial charge on any atom is -0.465 e. The second-order valence-corrected chi connectivity index (χ2v) is 5.26. The fraction of sp³-hybridized carbons (Fsp3) is 0.923. The summed E-state index contributed by atoms with van der Waals surface area (Å²) in [7, 11) is 0. The number of esters is 1. The maximum Gasteiger partial charge on any atom is 0.328 e. The van der Waals surface area contributed by atoms with Gasteiger partial charge in [0.1, 0.15) is 5.54 Å². The first kappa shape index (κ1) is 16.4. The van der Waals surface area contributed by atoms with E-state index in [0.29, 0.717) is 25.7 Å². The summed E-state index contributed by atoms with van der Waals surface area (Å²) in [5.41, 5.74) is -0.765. The van der Waals surface area contributed by atoms with Gasteiger partial charge < -0.3 is 9.47 Å². The van der Waals surface area contributed by atoms with Gasteiger partial charge in [-0.1, -0.05) is 13.8 Å². The van der Waals surface area contributed by atoms with Crippen molar-refractivity contribution in [3.8, 4) is 0 Å². The molecule has 1 N–H and O–H groups in total. The highest BCUT2D eigenvalue weighted by Crippen LogP contribution is 2.10. The van der Waals surface area contributed by atoms with Crippen LogP contribution in [-0.4, -0.2) is 37.4 Å². The van der Waals surface area contributed by atoms with Gasteiger partial charge in [0.05, 0.1) is 13.2 Å². The Hall–Kier alpha value is -0.610. The first-order chi connectivity index (χ1) is 7.81. The summed E-state index contributed by atoms with van der Waals surface area (Å²) < 4.78 is 10.6. The molecule has 17 heavy (non-hydrogen) atoms. The predicted molar refractivity (Wildman–Crippen MR) is 69.0 cm³/mol. The zero-order chi connectivity index (χ0) is 13.5. The largest absolute Gasteiger partial charge is 0.465 e. The smallest absolute Gasteiger partial charge is 0.328 e. The van der Waals surface area contributed by atoms with Gasteiger partial charge in [-0.05, 0) is 33.6 Å². The molecule has 0 aliphatic carbocycles. The molecular formula is C13H27NO3. The van der Waals surface area contributed by atoms with Crippen LogP contribution in [0, 0.1) is 5.92 Å². The first-order valence-corrected chi connectivity index (χ1v) is 6.34. The molecule has 4 heteroatoms. The highest BCUT2D eigenvalue weighted by atomic mass is 16.5. The highest BCUT2D eigenvalue weighted by molar-refractivity contribution is 5.80. The lowest BCUT2D eigenvalue weighted by Gasteiger charge is -2.30. The molecule has 0 saturated heterocycles. The summed E-state index contributed by atoms with van der Waals surface area (Å²) >= 11 is 0. The summed E-state index contributed by atoms with van der Waals surface area (Å²) in [6.45, 7) is 13.2. The molecule has 0 aromatic carbocycles. The molecule has 0 fully saturated rings. The van der Waals surface area contributed by atoms with Crippen molar-refractivity contribution in [1.82, 2.24) is 5.32 Å². The van der Waals surface area contributed by atoms with E-state index in [9.17, 15) is 4.79 Å². The second kappa shape index (κ2) is 7.67. The average Bonchev–Trinajstić information content (AvgIpc) is 2.16. The van der Waals surface area contributed by atoms with Crippen molar-refractivity contribution in [2.24, 2.45) is 5.92 Å². The van der Waals surface area contributed by atoms with E-state index in [0.717, 1.165) is 0 Å². The monoisotopic (exact) mass is 245 g/mol. The molecule has 0 saturated carbocycles. The van der Waals surface area contributed by atoms with Gasteiger partial charge >= 0.3 is 5.97 Å². The Balaban J connectivity index is 4.43. The van der Waals surface area contributed by atoms with E-state index in [4.69, 9.17) is 9.47 Å². The fourth-order valence-corrected chi connectivity index (χ4v) is 1.59. The molecule has 0 aliphatic rings. The normalized spacial score (nSPS) is 15.1. The number of nitrogens with one attached hydrogen (secondary N) is 1. The molecule has 1 unspecified atom stereocenters. The summed E-state index contributed by atoms with van der Waals surface area (Å²) in [6, 6.07) is 0.201. The van der Waals surface area contributed by atoms with E-state index in [1.54, 1.807) is 0 Å². The standard InChI is InChI=1S/C13H27NO3/c1-7-17-12(15)13(6,14-11(4)5)9-16-8-10(2)3/h10-11,14H,7-9H2,1-6H3. The van der Waals surface area contributed by atoms with Gasteiger partial charge in [-0.3, -0.25) is 5.32 Å². The molecule has 0 aliphatic heterocycles. The van der Waals surface area contributed by atoms with E-state index in [1.807, 2.05) is 27.7 Å². The zero-order valence-electron chi connectivity index (χ0n) is 12.0. The average molecular weight is 245 g/mol. The van der Waals surface area contributed by atoms with Crippen molar-refractivity contribution in [3.05, 3.63) is 0 Å². The molecule has 0 radical (unpaired) electrons. The Morgan fingerprint density at radius 3 is 2.29 bits per heavy atom. The maximum absolute atomic E-state index is 11.9. The zero-order valence-corrected chi connectivity index (χ0v) is 12.0. The Morgan fingerprint density at radius 2 is 1.88 bits per heavy atom. The van der Waals surface area contributed by atoms with Crippen LogP contribution in [0.15, 0.2) is 0 Å². The van der Waals surface area contributed by atoms with Crippen LogP contribution in [0.2, 0.25) is 0 Å². The molecule has 0 amide bonds. The molecule has 102 valence electrons.